The molecule has 1 saturated heterocycles. The monoisotopic (exact) mass is 223 g/mol. The number of aliphatic hydroxyl groups is 1. The molecule has 1 amide bonds. The number of hydrogen-bond acceptors (Lipinski definition) is 2. The number of piperidine rings is 1. The van der Waals surface area contributed by atoms with Crippen molar-refractivity contribution in [1.29, 1.82) is 0 Å². The largest absolute Gasteiger partial charge is 0.393 e. The van der Waals surface area contributed by atoms with E-state index in [1.54, 1.807) is 4.90 Å². The molecule has 1 heterocycles. The van der Waals surface area contributed by atoms with E-state index < -0.39 is 12.8 Å². The molecule has 0 aliphatic carbocycles. The molecule has 82 valence electrons. The third kappa shape index (κ3) is 2.82. The number of carbonyl (C=O) groups is 1. The van der Waals surface area contributed by atoms with Gasteiger partial charge in [-0.05, 0) is 12.8 Å². The van der Waals surface area contributed by atoms with E-state index in [1.165, 1.54) is 0 Å². The van der Waals surface area contributed by atoms with Gasteiger partial charge < -0.3 is 10.0 Å². The summed E-state index contributed by atoms with van der Waals surface area (Å²) in [6, 6.07) is 0. The number of halogens is 2. The van der Waals surface area contributed by atoms with Crippen LogP contribution in [0.25, 0.3) is 0 Å². The molecule has 1 fully saturated rings. The van der Waals surface area contributed by atoms with Crippen molar-refractivity contribution in [3.8, 4) is 0 Å². The van der Waals surface area contributed by atoms with Crippen molar-refractivity contribution < 1.29 is 14.3 Å². The van der Waals surface area contributed by atoms with E-state index in [1.807, 2.05) is 0 Å². The van der Waals surface area contributed by atoms with Crippen LogP contribution in [0.2, 0.25) is 0 Å². The van der Waals surface area contributed by atoms with Gasteiger partial charge in [0.2, 0.25) is 5.91 Å². The van der Waals surface area contributed by atoms with Crippen LogP contribution in [0.5, 0.6) is 0 Å². The van der Waals surface area contributed by atoms with Crippen molar-refractivity contribution in [2.75, 3.05) is 25.6 Å². The highest BCUT2D eigenvalue weighted by atomic mass is 35.5. The number of carbonyl (C=O) groups excluding carboxylic acids is 1. The lowest BCUT2D eigenvalue weighted by Crippen LogP contribution is -2.46. The van der Waals surface area contributed by atoms with E-state index in [9.17, 15) is 14.3 Å². The summed E-state index contributed by atoms with van der Waals surface area (Å²) in [7, 11) is 0. The fourth-order valence-electron chi connectivity index (χ4n) is 1.75. The molecule has 14 heavy (non-hydrogen) atoms. The van der Waals surface area contributed by atoms with Gasteiger partial charge in [-0.15, -0.1) is 11.6 Å². The Morgan fingerprint density at radius 3 is 2.93 bits per heavy atom. The molecule has 0 unspecified atom stereocenters. The maximum Gasteiger partial charge on any atom is 0.237 e. The topological polar surface area (TPSA) is 40.5 Å². The highest BCUT2D eigenvalue weighted by molar-refractivity contribution is 6.27. The van der Waals surface area contributed by atoms with Crippen molar-refractivity contribution >= 4 is 17.5 Å². The first-order valence-electron chi connectivity index (χ1n) is 4.76. The van der Waals surface area contributed by atoms with Crippen molar-refractivity contribution in [1.82, 2.24) is 4.90 Å². The van der Waals surface area contributed by atoms with Crippen molar-refractivity contribution in [3.05, 3.63) is 0 Å². The molecule has 0 spiro atoms. The van der Waals surface area contributed by atoms with Gasteiger partial charge in [-0.3, -0.25) is 9.18 Å². The van der Waals surface area contributed by atoms with Crippen molar-refractivity contribution in [2.45, 2.75) is 18.9 Å². The van der Waals surface area contributed by atoms with Gasteiger partial charge in [-0.25, -0.2) is 0 Å². The molecular formula is C9H15ClFNO2. The highest BCUT2D eigenvalue weighted by Crippen LogP contribution is 2.20. The average Bonchev–Trinajstić information content (AvgIpc) is 2.20. The highest BCUT2D eigenvalue weighted by Gasteiger charge is 2.29. The van der Waals surface area contributed by atoms with Crippen LogP contribution in [0, 0.1) is 5.92 Å². The SMILES string of the molecule is O=C(CCl)N1CC[C@@H](O)[C@H](CCF)C1. The Morgan fingerprint density at radius 2 is 2.36 bits per heavy atom. The second kappa shape index (κ2) is 5.51. The van der Waals surface area contributed by atoms with Crippen molar-refractivity contribution in [3.63, 3.8) is 0 Å². The molecule has 2 atom stereocenters. The zero-order chi connectivity index (χ0) is 10.6. The predicted molar refractivity (Wildman–Crippen MR) is 52.0 cm³/mol. The van der Waals surface area contributed by atoms with Gasteiger partial charge in [0, 0.05) is 19.0 Å². The molecule has 1 aliphatic heterocycles. The molecule has 1 aliphatic rings. The van der Waals surface area contributed by atoms with E-state index in [0.29, 0.717) is 25.9 Å². The molecule has 0 bridgehead atoms. The minimum Gasteiger partial charge on any atom is -0.393 e. The van der Waals surface area contributed by atoms with Crippen LogP contribution in [-0.2, 0) is 4.79 Å². The maximum absolute atomic E-state index is 12.1. The summed E-state index contributed by atoms with van der Waals surface area (Å²) in [4.78, 5) is 12.8. The van der Waals surface area contributed by atoms with E-state index in [0.717, 1.165) is 0 Å². The number of amides is 1. The number of likely N-dealkylation sites (tertiary alicyclic amines) is 1. The van der Waals surface area contributed by atoms with Crippen molar-refractivity contribution in [2.24, 2.45) is 5.92 Å². The second-order valence-corrected chi connectivity index (χ2v) is 3.83. The van der Waals surface area contributed by atoms with Crippen LogP contribution >= 0.6 is 11.6 Å². The van der Waals surface area contributed by atoms with E-state index in [4.69, 9.17) is 11.6 Å². The quantitative estimate of drug-likeness (QED) is 0.719. The number of alkyl halides is 2. The molecule has 0 radical (unpaired) electrons. The van der Waals surface area contributed by atoms with E-state index in [-0.39, 0.29) is 17.7 Å². The Morgan fingerprint density at radius 1 is 1.64 bits per heavy atom. The fraction of sp³-hybridized carbons (Fsp3) is 0.889. The Bertz CT molecular complexity index is 203. The summed E-state index contributed by atoms with van der Waals surface area (Å²) >= 11 is 5.42. The Hall–Kier alpha value is -0.350. The molecule has 0 aromatic heterocycles. The number of aliphatic hydroxyl groups excluding tert-OH is 1. The zero-order valence-electron chi connectivity index (χ0n) is 7.96. The third-order valence-corrected chi connectivity index (χ3v) is 2.87. The smallest absolute Gasteiger partial charge is 0.237 e. The van der Waals surface area contributed by atoms with Crippen LogP contribution in [0.15, 0.2) is 0 Å². The normalized spacial score (nSPS) is 27.8. The van der Waals surface area contributed by atoms with Gasteiger partial charge >= 0.3 is 0 Å². The summed E-state index contributed by atoms with van der Waals surface area (Å²) in [6.45, 7) is 0.497. The zero-order valence-corrected chi connectivity index (χ0v) is 8.71. The van der Waals surface area contributed by atoms with Crippen LogP contribution in [0.3, 0.4) is 0 Å². The van der Waals surface area contributed by atoms with Gasteiger partial charge in [-0.1, -0.05) is 0 Å². The summed E-state index contributed by atoms with van der Waals surface area (Å²) in [5.41, 5.74) is 0. The molecule has 5 heteroatoms. The Balaban J connectivity index is 2.48. The molecule has 3 nitrogen and oxygen atoms in total. The van der Waals surface area contributed by atoms with Crippen LogP contribution < -0.4 is 0 Å². The molecule has 0 saturated carbocycles. The number of hydrogen-bond donors (Lipinski definition) is 1. The summed E-state index contributed by atoms with van der Waals surface area (Å²) in [5.74, 6) is -0.318. The average molecular weight is 224 g/mol. The summed E-state index contributed by atoms with van der Waals surface area (Å²) in [6.07, 6.45) is 0.352. The fourth-order valence-corrected chi connectivity index (χ4v) is 1.92. The van der Waals surface area contributed by atoms with Gasteiger partial charge in [0.15, 0.2) is 0 Å². The lowest BCUT2D eigenvalue weighted by molar-refractivity contribution is -0.132. The molecule has 0 aromatic carbocycles. The van der Waals surface area contributed by atoms with Gasteiger partial charge in [-0.2, -0.15) is 0 Å². The molecule has 1 rings (SSSR count). The first-order valence-corrected chi connectivity index (χ1v) is 5.30. The maximum atomic E-state index is 12.1. The summed E-state index contributed by atoms with van der Waals surface area (Å²) in [5, 5.41) is 9.53. The van der Waals surface area contributed by atoms with Gasteiger partial charge in [0.05, 0.1) is 12.8 Å². The van der Waals surface area contributed by atoms with Gasteiger partial charge in [0.1, 0.15) is 5.88 Å². The third-order valence-electron chi connectivity index (χ3n) is 2.64. The second-order valence-electron chi connectivity index (χ2n) is 3.57. The first kappa shape index (κ1) is 11.7. The molecule has 0 aromatic rings. The van der Waals surface area contributed by atoms with E-state index >= 15 is 0 Å². The lowest BCUT2D eigenvalue weighted by atomic mass is 9.92. The summed E-state index contributed by atoms with van der Waals surface area (Å²) < 4.78 is 12.1. The Kier molecular flexibility index (Phi) is 4.62. The first-order chi connectivity index (χ1) is 6.69. The standard InChI is InChI=1S/C9H15ClFNO2/c10-5-9(14)12-4-2-8(13)7(6-12)1-3-11/h7-8,13H,1-6H2/t7-,8-/m1/s1. The van der Waals surface area contributed by atoms with Gasteiger partial charge in [0.25, 0.3) is 0 Å². The minimum atomic E-state index is -0.481. The minimum absolute atomic E-state index is 0.0432. The van der Waals surface area contributed by atoms with Crippen LogP contribution in [0.1, 0.15) is 12.8 Å². The lowest BCUT2D eigenvalue weighted by Gasteiger charge is -2.35. The van der Waals surface area contributed by atoms with E-state index in [2.05, 4.69) is 0 Å². The predicted octanol–water partition coefficient (Wildman–Crippen LogP) is 0.794. The van der Waals surface area contributed by atoms with Crippen LogP contribution in [0.4, 0.5) is 4.39 Å². The molecular weight excluding hydrogens is 209 g/mol. The Labute approximate surface area is 87.8 Å². The van der Waals surface area contributed by atoms with Crippen LogP contribution in [-0.4, -0.2) is 47.7 Å². The number of rotatable bonds is 3. The molecule has 1 N–H and O–H groups in total. The number of nitrogens with zero attached hydrogens (tertiary/aromatic N) is 1.